The molecule has 0 atom stereocenters. The summed E-state index contributed by atoms with van der Waals surface area (Å²) in [6.07, 6.45) is 4.35. The Morgan fingerprint density at radius 1 is 1.35 bits per heavy atom. The van der Waals surface area contributed by atoms with Crippen LogP contribution in [-0.4, -0.2) is 29.0 Å². The van der Waals surface area contributed by atoms with Crippen molar-refractivity contribution in [2.75, 3.05) is 7.05 Å². The maximum Gasteiger partial charge on any atom is 0.257 e. The molecule has 0 aliphatic heterocycles. The Morgan fingerprint density at radius 2 is 1.95 bits per heavy atom. The van der Waals surface area contributed by atoms with Gasteiger partial charge in [0, 0.05) is 17.6 Å². The van der Waals surface area contributed by atoms with E-state index in [-0.39, 0.29) is 17.7 Å². The zero-order valence-corrected chi connectivity index (χ0v) is 13.9. The van der Waals surface area contributed by atoms with Crippen molar-refractivity contribution >= 4 is 21.8 Å². The summed E-state index contributed by atoms with van der Waals surface area (Å²) < 4.78 is 0.772. The normalized spacial score (nSPS) is 18.8. The number of nitrogens with zero attached hydrogens (tertiary/aromatic N) is 1. The molecule has 0 unspecified atom stereocenters. The van der Waals surface area contributed by atoms with E-state index in [0.717, 1.165) is 30.2 Å². The molecule has 0 heterocycles. The molecule has 0 saturated heterocycles. The molecule has 0 aromatic heterocycles. The number of benzene rings is 1. The number of hydrogen-bond donors (Lipinski definition) is 1. The lowest BCUT2D eigenvalue weighted by Gasteiger charge is -2.38. The van der Waals surface area contributed by atoms with Gasteiger partial charge in [0.25, 0.3) is 5.91 Å². The summed E-state index contributed by atoms with van der Waals surface area (Å²) in [5.74, 6) is -0.0629. The van der Waals surface area contributed by atoms with Crippen molar-refractivity contribution in [3.8, 4) is 5.75 Å². The highest BCUT2D eigenvalue weighted by Gasteiger charge is 2.31. The molecule has 0 spiro atoms. The van der Waals surface area contributed by atoms with Crippen molar-refractivity contribution in [2.45, 2.75) is 45.6 Å². The van der Waals surface area contributed by atoms with Gasteiger partial charge in [0.05, 0.1) is 5.56 Å². The van der Waals surface area contributed by atoms with Gasteiger partial charge in [-0.25, -0.2) is 0 Å². The number of phenols is 1. The van der Waals surface area contributed by atoms with E-state index in [9.17, 15) is 9.90 Å². The van der Waals surface area contributed by atoms with E-state index < -0.39 is 0 Å². The van der Waals surface area contributed by atoms with Gasteiger partial charge in [0.2, 0.25) is 0 Å². The summed E-state index contributed by atoms with van der Waals surface area (Å²) in [7, 11) is 1.84. The quantitative estimate of drug-likeness (QED) is 0.877. The SMILES string of the molecule is CN(C(=O)c1ccc(Br)cc1O)C1CCC(C)(C)CC1. The van der Waals surface area contributed by atoms with Gasteiger partial charge in [-0.3, -0.25) is 4.79 Å². The van der Waals surface area contributed by atoms with Crippen LogP contribution >= 0.6 is 15.9 Å². The number of amides is 1. The maximum atomic E-state index is 12.5. The fourth-order valence-corrected chi connectivity index (χ4v) is 3.16. The van der Waals surface area contributed by atoms with Crippen molar-refractivity contribution in [3.63, 3.8) is 0 Å². The minimum Gasteiger partial charge on any atom is -0.507 e. The molecule has 1 aliphatic rings. The fourth-order valence-electron chi connectivity index (χ4n) is 2.81. The standard InChI is InChI=1S/C16H22BrNO2/c1-16(2)8-6-12(7-9-16)18(3)15(20)13-5-4-11(17)10-14(13)19/h4-5,10,12,19H,6-9H2,1-3H3. The van der Waals surface area contributed by atoms with Crippen molar-refractivity contribution in [1.82, 2.24) is 4.90 Å². The number of hydrogen-bond acceptors (Lipinski definition) is 2. The molecular formula is C16H22BrNO2. The minimum absolute atomic E-state index is 0.0346. The Bertz CT molecular complexity index is 503. The highest BCUT2D eigenvalue weighted by Crippen LogP contribution is 2.37. The molecule has 3 nitrogen and oxygen atoms in total. The van der Waals surface area contributed by atoms with Crippen LogP contribution in [0.4, 0.5) is 0 Å². The Hall–Kier alpha value is -1.03. The Balaban J connectivity index is 2.09. The topological polar surface area (TPSA) is 40.5 Å². The summed E-state index contributed by atoms with van der Waals surface area (Å²) in [6, 6.07) is 5.29. The maximum absolute atomic E-state index is 12.5. The molecule has 4 heteroatoms. The molecule has 1 fully saturated rings. The summed E-state index contributed by atoms with van der Waals surface area (Å²) in [5, 5.41) is 9.91. The Kier molecular flexibility index (Phi) is 4.43. The molecule has 1 aliphatic carbocycles. The summed E-state index contributed by atoms with van der Waals surface area (Å²) in [4.78, 5) is 14.3. The molecule has 2 rings (SSSR count). The fraction of sp³-hybridized carbons (Fsp3) is 0.562. The third-order valence-electron chi connectivity index (χ3n) is 4.37. The lowest BCUT2D eigenvalue weighted by atomic mass is 9.75. The van der Waals surface area contributed by atoms with Crippen molar-refractivity contribution < 1.29 is 9.90 Å². The van der Waals surface area contributed by atoms with Crippen LogP contribution in [-0.2, 0) is 0 Å². The third-order valence-corrected chi connectivity index (χ3v) is 4.86. The van der Waals surface area contributed by atoms with E-state index in [2.05, 4.69) is 29.8 Å². The second-order valence-corrected chi connectivity index (χ2v) is 7.39. The van der Waals surface area contributed by atoms with Crippen LogP contribution in [0.2, 0.25) is 0 Å². The second-order valence-electron chi connectivity index (χ2n) is 6.47. The van der Waals surface area contributed by atoms with Crippen LogP contribution in [0.25, 0.3) is 0 Å². The predicted octanol–water partition coefficient (Wildman–Crippen LogP) is 4.20. The van der Waals surface area contributed by atoms with Crippen molar-refractivity contribution in [3.05, 3.63) is 28.2 Å². The first-order chi connectivity index (χ1) is 9.30. The van der Waals surface area contributed by atoms with Crippen LogP contribution in [0.5, 0.6) is 5.75 Å². The second kappa shape index (κ2) is 5.76. The first-order valence-corrected chi connectivity index (χ1v) is 7.85. The number of carbonyl (C=O) groups is 1. The molecule has 1 aromatic carbocycles. The van der Waals surface area contributed by atoms with Gasteiger partial charge >= 0.3 is 0 Å². The highest BCUT2D eigenvalue weighted by molar-refractivity contribution is 9.10. The first kappa shape index (κ1) is 15.4. The van der Waals surface area contributed by atoms with Crippen molar-refractivity contribution in [1.29, 1.82) is 0 Å². The summed E-state index contributed by atoms with van der Waals surface area (Å²) >= 11 is 3.29. The molecular weight excluding hydrogens is 318 g/mol. The number of aromatic hydroxyl groups is 1. The lowest BCUT2D eigenvalue weighted by molar-refractivity contribution is 0.0632. The number of phenolic OH excluding ortho intramolecular Hbond substituents is 1. The van der Waals surface area contributed by atoms with Crippen LogP contribution in [0.15, 0.2) is 22.7 Å². The zero-order valence-electron chi connectivity index (χ0n) is 12.3. The third kappa shape index (κ3) is 3.35. The van der Waals surface area contributed by atoms with Gasteiger partial charge in [-0.05, 0) is 49.3 Å². The Morgan fingerprint density at radius 3 is 2.50 bits per heavy atom. The van der Waals surface area contributed by atoms with Crippen LogP contribution in [0, 0.1) is 5.41 Å². The van der Waals surface area contributed by atoms with E-state index in [0.29, 0.717) is 11.0 Å². The van der Waals surface area contributed by atoms with Gasteiger partial charge in [-0.2, -0.15) is 0 Å². The molecule has 0 bridgehead atoms. The molecule has 0 radical (unpaired) electrons. The molecule has 110 valence electrons. The van der Waals surface area contributed by atoms with E-state index in [1.165, 1.54) is 0 Å². The monoisotopic (exact) mass is 339 g/mol. The zero-order chi connectivity index (χ0) is 14.9. The average Bonchev–Trinajstić information content (AvgIpc) is 2.37. The van der Waals surface area contributed by atoms with Gasteiger partial charge < -0.3 is 10.0 Å². The smallest absolute Gasteiger partial charge is 0.257 e. The average molecular weight is 340 g/mol. The van der Waals surface area contributed by atoms with Gasteiger partial charge in [0.15, 0.2) is 0 Å². The Labute approximate surface area is 129 Å². The molecule has 1 saturated carbocycles. The number of rotatable bonds is 2. The molecule has 1 N–H and O–H groups in total. The van der Waals surface area contributed by atoms with E-state index in [4.69, 9.17) is 0 Å². The first-order valence-electron chi connectivity index (χ1n) is 7.06. The predicted molar refractivity (Wildman–Crippen MR) is 83.9 cm³/mol. The molecule has 1 amide bonds. The highest BCUT2D eigenvalue weighted by atomic mass is 79.9. The minimum atomic E-state index is -0.0975. The van der Waals surface area contributed by atoms with Crippen LogP contribution in [0.1, 0.15) is 49.9 Å². The van der Waals surface area contributed by atoms with E-state index >= 15 is 0 Å². The number of halogens is 1. The van der Waals surface area contributed by atoms with Crippen molar-refractivity contribution in [2.24, 2.45) is 5.41 Å². The number of carbonyl (C=O) groups excluding carboxylic acids is 1. The van der Waals surface area contributed by atoms with E-state index in [1.54, 1.807) is 23.1 Å². The van der Waals surface area contributed by atoms with Gasteiger partial charge in [0.1, 0.15) is 5.75 Å². The lowest BCUT2D eigenvalue weighted by Crippen LogP contribution is -2.40. The molecule has 20 heavy (non-hydrogen) atoms. The van der Waals surface area contributed by atoms with Gasteiger partial charge in [-0.1, -0.05) is 29.8 Å². The van der Waals surface area contributed by atoms with Crippen LogP contribution < -0.4 is 0 Å². The van der Waals surface area contributed by atoms with Crippen LogP contribution in [0.3, 0.4) is 0 Å². The van der Waals surface area contributed by atoms with E-state index in [1.807, 2.05) is 7.05 Å². The largest absolute Gasteiger partial charge is 0.507 e. The summed E-state index contributed by atoms with van der Waals surface area (Å²) in [5.41, 5.74) is 0.765. The molecule has 1 aromatic rings. The van der Waals surface area contributed by atoms with Gasteiger partial charge in [-0.15, -0.1) is 0 Å². The summed E-state index contributed by atoms with van der Waals surface area (Å²) in [6.45, 7) is 4.57.